The molecule has 0 heterocycles. The van der Waals surface area contributed by atoms with Crippen LogP contribution in [0.2, 0.25) is 0 Å². The fraction of sp³-hybridized carbons (Fsp3) is 0.231. The van der Waals surface area contributed by atoms with E-state index in [1.54, 1.807) is 13.0 Å². The first kappa shape index (κ1) is 22.4. The SMILES string of the molecule is C/C=C(\C=C/C(C)O)/C=C/c1ccc(/C=C/c2ccc(C)cc2)cc1.CC. The van der Waals surface area contributed by atoms with E-state index in [-0.39, 0.29) is 0 Å². The minimum atomic E-state index is -0.428. The predicted molar refractivity (Wildman–Crippen MR) is 122 cm³/mol. The Kier molecular flexibility index (Phi) is 10.5. The molecule has 0 aliphatic heterocycles. The van der Waals surface area contributed by atoms with Crippen LogP contribution in [-0.4, -0.2) is 11.2 Å². The molecule has 0 saturated heterocycles. The van der Waals surface area contributed by atoms with E-state index in [2.05, 4.69) is 79.8 Å². The van der Waals surface area contributed by atoms with Crippen LogP contribution in [0.25, 0.3) is 18.2 Å². The smallest absolute Gasteiger partial charge is 0.0696 e. The molecule has 0 aromatic heterocycles. The van der Waals surface area contributed by atoms with Crippen LogP contribution in [0, 0.1) is 6.92 Å². The summed E-state index contributed by atoms with van der Waals surface area (Å²) in [5.74, 6) is 0. The molecule has 0 spiro atoms. The highest BCUT2D eigenvalue weighted by Gasteiger charge is 1.92. The third kappa shape index (κ3) is 9.03. The zero-order valence-electron chi connectivity index (χ0n) is 17.2. The summed E-state index contributed by atoms with van der Waals surface area (Å²) in [5.41, 5.74) is 5.88. The quantitative estimate of drug-likeness (QED) is 0.431. The summed E-state index contributed by atoms with van der Waals surface area (Å²) in [6.45, 7) is 9.83. The minimum absolute atomic E-state index is 0.428. The Bertz CT molecular complexity index is 770. The average Bonchev–Trinajstić information content (AvgIpc) is 2.70. The highest BCUT2D eigenvalue weighted by atomic mass is 16.3. The van der Waals surface area contributed by atoms with Crippen molar-refractivity contribution in [1.82, 2.24) is 0 Å². The Morgan fingerprint density at radius 2 is 1.22 bits per heavy atom. The highest BCUT2D eigenvalue weighted by molar-refractivity contribution is 5.70. The second-order valence-electron chi connectivity index (χ2n) is 6.13. The number of aliphatic hydroxyl groups is 1. The van der Waals surface area contributed by atoms with Crippen molar-refractivity contribution < 1.29 is 5.11 Å². The van der Waals surface area contributed by atoms with Crippen molar-refractivity contribution in [1.29, 1.82) is 0 Å². The molecule has 27 heavy (non-hydrogen) atoms. The molecule has 0 aliphatic carbocycles. The van der Waals surface area contributed by atoms with Crippen LogP contribution >= 0.6 is 0 Å². The Morgan fingerprint density at radius 1 is 0.778 bits per heavy atom. The van der Waals surface area contributed by atoms with Gasteiger partial charge in [0, 0.05) is 0 Å². The lowest BCUT2D eigenvalue weighted by Gasteiger charge is -1.99. The molecule has 2 rings (SSSR count). The molecule has 0 fully saturated rings. The Morgan fingerprint density at radius 3 is 1.67 bits per heavy atom. The zero-order chi connectivity index (χ0) is 20.1. The maximum atomic E-state index is 9.31. The van der Waals surface area contributed by atoms with Gasteiger partial charge >= 0.3 is 0 Å². The van der Waals surface area contributed by atoms with E-state index in [9.17, 15) is 5.11 Å². The molecular formula is C26H32O. The number of allylic oxidation sites excluding steroid dienone is 4. The van der Waals surface area contributed by atoms with Crippen molar-refractivity contribution in [3.05, 3.63) is 101 Å². The number of aliphatic hydroxyl groups excluding tert-OH is 1. The van der Waals surface area contributed by atoms with Crippen LogP contribution in [0.5, 0.6) is 0 Å². The van der Waals surface area contributed by atoms with Gasteiger partial charge in [-0.05, 0) is 43.0 Å². The number of hydrogen-bond donors (Lipinski definition) is 1. The van der Waals surface area contributed by atoms with Crippen molar-refractivity contribution in [3.8, 4) is 0 Å². The largest absolute Gasteiger partial charge is 0.389 e. The minimum Gasteiger partial charge on any atom is -0.389 e. The summed E-state index contributed by atoms with van der Waals surface area (Å²) in [6, 6.07) is 17.0. The summed E-state index contributed by atoms with van der Waals surface area (Å²) in [4.78, 5) is 0. The van der Waals surface area contributed by atoms with Gasteiger partial charge in [0.25, 0.3) is 0 Å². The van der Waals surface area contributed by atoms with Gasteiger partial charge in [-0.15, -0.1) is 0 Å². The lowest BCUT2D eigenvalue weighted by atomic mass is 10.1. The second-order valence-corrected chi connectivity index (χ2v) is 6.13. The molecule has 2 aromatic rings. The zero-order valence-corrected chi connectivity index (χ0v) is 17.2. The van der Waals surface area contributed by atoms with Gasteiger partial charge in [-0.2, -0.15) is 0 Å². The average molecular weight is 361 g/mol. The van der Waals surface area contributed by atoms with Gasteiger partial charge in [-0.25, -0.2) is 0 Å². The molecule has 0 radical (unpaired) electrons. The lowest BCUT2D eigenvalue weighted by molar-refractivity contribution is 0.244. The van der Waals surface area contributed by atoms with Crippen molar-refractivity contribution in [2.45, 2.75) is 40.7 Å². The van der Waals surface area contributed by atoms with Gasteiger partial charge in [0.05, 0.1) is 6.10 Å². The molecule has 1 nitrogen and oxygen atoms in total. The molecule has 0 bridgehead atoms. The molecule has 0 aliphatic rings. The molecule has 142 valence electrons. The monoisotopic (exact) mass is 360 g/mol. The van der Waals surface area contributed by atoms with Crippen molar-refractivity contribution in [2.24, 2.45) is 0 Å². The van der Waals surface area contributed by atoms with Crippen molar-refractivity contribution >= 4 is 18.2 Å². The van der Waals surface area contributed by atoms with Gasteiger partial charge in [0.1, 0.15) is 0 Å². The first-order valence-corrected chi connectivity index (χ1v) is 9.62. The summed E-state index contributed by atoms with van der Waals surface area (Å²) < 4.78 is 0. The van der Waals surface area contributed by atoms with E-state index in [1.165, 1.54) is 16.7 Å². The standard InChI is InChI=1S/C24H26O.C2H6/c1-4-21(10-7-20(3)25)11-12-23-15-17-24(18-16-23)14-13-22-8-5-19(2)6-9-22;1-2/h4-18,20,25H,1-3H3;1-2H3/b10-7-,12-11+,14-13+,21-4+;. The van der Waals surface area contributed by atoms with Gasteiger partial charge in [-0.3, -0.25) is 0 Å². The topological polar surface area (TPSA) is 20.2 Å². The molecule has 0 saturated carbocycles. The molecule has 1 heteroatoms. The van der Waals surface area contributed by atoms with E-state index in [1.807, 2.05) is 32.9 Å². The van der Waals surface area contributed by atoms with Crippen LogP contribution < -0.4 is 0 Å². The Balaban J connectivity index is 0.00000176. The van der Waals surface area contributed by atoms with Gasteiger partial charge in [0.15, 0.2) is 0 Å². The van der Waals surface area contributed by atoms with E-state index >= 15 is 0 Å². The van der Waals surface area contributed by atoms with Crippen LogP contribution in [0.15, 0.2) is 78.4 Å². The first-order chi connectivity index (χ1) is 13.1. The molecular weight excluding hydrogens is 328 g/mol. The molecule has 1 atom stereocenters. The number of hydrogen-bond acceptors (Lipinski definition) is 1. The maximum absolute atomic E-state index is 9.31. The fourth-order valence-electron chi connectivity index (χ4n) is 2.28. The van der Waals surface area contributed by atoms with Crippen LogP contribution in [0.4, 0.5) is 0 Å². The van der Waals surface area contributed by atoms with E-state index < -0.39 is 6.10 Å². The molecule has 0 amide bonds. The Hall–Kier alpha value is -2.64. The van der Waals surface area contributed by atoms with Gasteiger partial charge in [0.2, 0.25) is 0 Å². The van der Waals surface area contributed by atoms with E-state index in [0.717, 1.165) is 11.1 Å². The van der Waals surface area contributed by atoms with Crippen LogP contribution in [0.1, 0.15) is 49.9 Å². The number of benzene rings is 2. The molecule has 1 unspecified atom stereocenters. The lowest BCUT2D eigenvalue weighted by Crippen LogP contribution is -1.91. The van der Waals surface area contributed by atoms with E-state index in [4.69, 9.17) is 0 Å². The van der Waals surface area contributed by atoms with E-state index in [0.29, 0.717) is 0 Å². The van der Waals surface area contributed by atoms with Crippen LogP contribution in [0.3, 0.4) is 0 Å². The number of aryl methyl sites for hydroxylation is 1. The van der Waals surface area contributed by atoms with Crippen molar-refractivity contribution in [2.75, 3.05) is 0 Å². The first-order valence-electron chi connectivity index (χ1n) is 9.62. The predicted octanol–water partition coefficient (Wildman–Crippen LogP) is 7.09. The van der Waals surface area contributed by atoms with Crippen LogP contribution in [-0.2, 0) is 0 Å². The normalized spacial score (nSPS) is 13.2. The third-order valence-corrected chi connectivity index (χ3v) is 3.85. The van der Waals surface area contributed by atoms with Gasteiger partial charge in [-0.1, -0.05) is 110 Å². The van der Waals surface area contributed by atoms with Crippen molar-refractivity contribution in [3.63, 3.8) is 0 Å². The maximum Gasteiger partial charge on any atom is 0.0696 e. The molecule has 1 N–H and O–H groups in total. The molecule has 2 aromatic carbocycles. The summed E-state index contributed by atoms with van der Waals surface area (Å²) in [5, 5.41) is 9.31. The fourth-order valence-corrected chi connectivity index (χ4v) is 2.28. The Labute approximate surface area is 165 Å². The van der Waals surface area contributed by atoms with Gasteiger partial charge < -0.3 is 5.11 Å². The summed E-state index contributed by atoms with van der Waals surface area (Å²) in [6.07, 6.45) is 13.7. The number of rotatable bonds is 6. The summed E-state index contributed by atoms with van der Waals surface area (Å²) >= 11 is 0. The second kappa shape index (κ2) is 12.7. The third-order valence-electron chi connectivity index (χ3n) is 3.85. The summed E-state index contributed by atoms with van der Waals surface area (Å²) in [7, 11) is 0. The highest BCUT2D eigenvalue weighted by Crippen LogP contribution is 2.13.